The molecule has 0 radical (unpaired) electrons. The van der Waals surface area contributed by atoms with Crippen LogP contribution in [0.2, 0.25) is 0 Å². The lowest BCUT2D eigenvalue weighted by atomic mass is 9.92. The monoisotopic (exact) mass is 322 g/mol. The highest BCUT2D eigenvalue weighted by Crippen LogP contribution is 2.58. The Labute approximate surface area is 122 Å². The Morgan fingerprint density at radius 3 is 2.79 bits per heavy atom. The van der Waals surface area contributed by atoms with E-state index >= 15 is 0 Å². The SMILES string of the molecule is Cc1cc(Br)cc(NC(=O)C2CC23CCNCC3)c1. The number of benzene rings is 1. The molecule has 1 spiro atoms. The Kier molecular flexibility index (Phi) is 3.39. The number of aryl methyl sites for hydroxylation is 1. The van der Waals surface area contributed by atoms with Gasteiger partial charge in [-0.15, -0.1) is 0 Å². The fourth-order valence-electron chi connectivity index (χ4n) is 3.23. The molecule has 1 aliphatic heterocycles. The fraction of sp³-hybridized carbons (Fsp3) is 0.533. The minimum absolute atomic E-state index is 0.194. The molecule has 0 aromatic heterocycles. The second kappa shape index (κ2) is 4.91. The minimum atomic E-state index is 0.194. The number of carbonyl (C=O) groups is 1. The molecule has 1 heterocycles. The number of piperidine rings is 1. The summed E-state index contributed by atoms with van der Waals surface area (Å²) in [4.78, 5) is 12.3. The van der Waals surface area contributed by atoms with Gasteiger partial charge in [-0.1, -0.05) is 15.9 Å². The number of anilines is 1. The topological polar surface area (TPSA) is 41.1 Å². The number of amides is 1. The summed E-state index contributed by atoms with van der Waals surface area (Å²) in [5, 5.41) is 6.43. The molecule has 1 atom stereocenters. The average Bonchev–Trinajstić information content (AvgIpc) is 3.02. The van der Waals surface area contributed by atoms with Crippen molar-refractivity contribution in [1.82, 2.24) is 5.32 Å². The first kappa shape index (κ1) is 13.1. The van der Waals surface area contributed by atoms with Gasteiger partial charge in [-0.2, -0.15) is 0 Å². The van der Waals surface area contributed by atoms with E-state index in [-0.39, 0.29) is 11.8 Å². The molecule has 0 bridgehead atoms. The molecule has 1 aromatic carbocycles. The van der Waals surface area contributed by atoms with E-state index in [0.717, 1.165) is 48.1 Å². The maximum absolute atomic E-state index is 12.3. The van der Waals surface area contributed by atoms with Crippen LogP contribution in [0.1, 0.15) is 24.8 Å². The van der Waals surface area contributed by atoms with Crippen molar-refractivity contribution in [1.29, 1.82) is 0 Å². The Morgan fingerprint density at radius 1 is 1.37 bits per heavy atom. The van der Waals surface area contributed by atoms with Gasteiger partial charge in [-0.25, -0.2) is 0 Å². The number of carbonyl (C=O) groups excluding carboxylic acids is 1. The van der Waals surface area contributed by atoms with Gasteiger partial charge in [0.15, 0.2) is 0 Å². The number of hydrogen-bond donors (Lipinski definition) is 2. The highest BCUT2D eigenvalue weighted by Gasteiger charge is 2.57. The van der Waals surface area contributed by atoms with Crippen LogP contribution in [0.3, 0.4) is 0 Å². The summed E-state index contributed by atoms with van der Waals surface area (Å²) in [7, 11) is 0. The van der Waals surface area contributed by atoms with Crippen LogP contribution in [0.4, 0.5) is 5.69 Å². The van der Waals surface area contributed by atoms with E-state index in [4.69, 9.17) is 0 Å². The predicted molar refractivity (Wildman–Crippen MR) is 80.2 cm³/mol. The van der Waals surface area contributed by atoms with Crippen molar-refractivity contribution >= 4 is 27.5 Å². The van der Waals surface area contributed by atoms with Crippen LogP contribution in [0, 0.1) is 18.3 Å². The summed E-state index contributed by atoms with van der Waals surface area (Å²) in [6.45, 7) is 4.14. The summed E-state index contributed by atoms with van der Waals surface area (Å²) in [6.07, 6.45) is 3.35. The van der Waals surface area contributed by atoms with Gasteiger partial charge in [-0.05, 0) is 68.5 Å². The Balaban J connectivity index is 1.66. The lowest BCUT2D eigenvalue weighted by molar-refractivity contribution is -0.118. The number of halogens is 1. The molecule has 1 saturated carbocycles. The molecule has 3 rings (SSSR count). The largest absolute Gasteiger partial charge is 0.326 e. The molecule has 2 aliphatic rings. The lowest BCUT2D eigenvalue weighted by Crippen LogP contribution is -2.31. The number of rotatable bonds is 2. The van der Waals surface area contributed by atoms with Gasteiger partial charge in [0.05, 0.1) is 0 Å². The van der Waals surface area contributed by atoms with Gasteiger partial charge >= 0.3 is 0 Å². The number of hydrogen-bond acceptors (Lipinski definition) is 2. The van der Waals surface area contributed by atoms with E-state index in [1.807, 2.05) is 25.1 Å². The van der Waals surface area contributed by atoms with Crippen LogP contribution in [0.5, 0.6) is 0 Å². The van der Waals surface area contributed by atoms with Crippen LogP contribution < -0.4 is 10.6 Å². The third-order valence-electron chi connectivity index (χ3n) is 4.42. The van der Waals surface area contributed by atoms with Crippen LogP contribution in [-0.4, -0.2) is 19.0 Å². The molecule has 19 heavy (non-hydrogen) atoms. The van der Waals surface area contributed by atoms with Crippen molar-refractivity contribution in [2.24, 2.45) is 11.3 Å². The first-order valence-electron chi connectivity index (χ1n) is 6.88. The van der Waals surface area contributed by atoms with E-state index < -0.39 is 0 Å². The van der Waals surface area contributed by atoms with Gasteiger partial charge in [0.2, 0.25) is 5.91 Å². The third-order valence-corrected chi connectivity index (χ3v) is 4.87. The van der Waals surface area contributed by atoms with E-state index in [1.165, 1.54) is 0 Å². The molecule has 4 heteroatoms. The molecule has 2 fully saturated rings. The van der Waals surface area contributed by atoms with Crippen molar-refractivity contribution in [3.63, 3.8) is 0 Å². The molecule has 102 valence electrons. The van der Waals surface area contributed by atoms with Crippen LogP contribution in [0.25, 0.3) is 0 Å². The highest BCUT2D eigenvalue weighted by molar-refractivity contribution is 9.10. The Bertz CT molecular complexity index is 489. The fourth-order valence-corrected chi connectivity index (χ4v) is 3.84. The number of nitrogens with one attached hydrogen (secondary N) is 2. The minimum Gasteiger partial charge on any atom is -0.326 e. The highest BCUT2D eigenvalue weighted by atomic mass is 79.9. The molecule has 1 amide bonds. The summed E-state index contributed by atoms with van der Waals surface area (Å²) >= 11 is 3.47. The van der Waals surface area contributed by atoms with Crippen LogP contribution in [0.15, 0.2) is 22.7 Å². The van der Waals surface area contributed by atoms with Crippen molar-refractivity contribution in [2.75, 3.05) is 18.4 Å². The van der Waals surface area contributed by atoms with E-state index in [1.54, 1.807) is 0 Å². The average molecular weight is 323 g/mol. The normalized spacial score (nSPS) is 24.2. The summed E-state index contributed by atoms with van der Waals surface area (Å²) in [5.74, 6) is 0.410. The van der Waals surface area contributed by atoms with Crippen LogP contribution >= 0.6 is 15.9 Å². The summed E-state index contributed by atoms with van der Waals surface area (Å²) in [6, 6.07) is 6.02. The standard InChI is InChI=1S/C15H19BrN2O/c1-10-6-11(16)8-12(7-10)18-14(19)13-9-15(13)2-4-17-5-3-15/h6-8,13,17H,2-5,9H2,1H3,(H,18,19). The van der Waals surface area contributed by atoms with Gasteiger partial charge in [0.25, 0.3) is 0 Å². The summed E-state index contributed by atoms with van der Waals surface area (Å²) < 4.78 is 1.01. The maximum Gasteiger partial charge on any atom is 0.228 e. The Morgan fingerprint density at radius 2 is 2.11 bits per heavy atom. The smallest absolute Gasteiger partial charge is 0.228 e. The molecular formula is C15H19BrN2O. The molecule has 1 saturated heterocycles. The van der Waals surface area contributed by atoms with E-state index in [0.29, 0.717) is 5.41 Å². The zero-order valence-corrected chi connectivity index (χ0v) is 12.7. The second-order valence-corrected chi connectivity index (χ2v) is 6.79. The van der Waals surface area contributed by atoms with E-state index in [2.05, 4.69) is 26.6 Å². The molecule has 2 N–H and O–H groups in total. The van der Waals surface area contributed by atoms with Crippen molar-refractivity contribution in [2.45, 2.75) is 26.2 Å². The Hall–Kier alpha value is -0.870. The molecule has 1 aliphatic carbocycles. The van der Waals surface area contributed by atoms with Crippen molar-refractivity contribution < 1.29 is 4.79 Å². The van der Waals surface area contributed by atoms with Crippen molar-refractivity contribution in [3.05, 3.63) is 28.2 Å². The van der Waals surface area contributed by atoms with Crippen LogP contribution in [-0.2, 0) is 4.79 Å². The zero-order valence-electron chi connectivity index (χ0n) is 11.1. The first-order valence-corrected chi connectivity index (χ1v) is 7.67. The van der Waals surface area contributed by atoms with Gasteiger partial charge in [-0.3, -0.25) is 4.79 Å². The molecule has 1 aromatic rings. The lowest BCUT2D eigenvalue weighted by Gasteiger charge is -2.23. The molecule has 3 nitrogen and oxygen atoms in total. The van der Waals surface area contributed by atoms with Gasteiger partial charge in [0, 0.05) is 16.1 Å². The zero-order chi connectivity index (χ0) is 13.5. The third kappa shape index (κ3) is 2.70. The predicted octanol–water partition coefficient (Wildman–Crippen LogP) is 3.09. The van der Waals surface area contributed by atoms with Gasteiger partial charge in [0.1, 0.15) is 0 Å². The maximum atomic E-state index is 12.3. The van der Waals surface area contributed by atoms with E-state index in [9.17, 15) is 4.79 Å². The van der Waals surface area contributed by atoms with Gasteiger partial charge < -0.3 is 10.6 Å². The first-order chi connectivity index (χ1) is 9.09. The second-order valence-electron chi connectivity index (χ2n) is 5.88. The quantitative estimate of drug-likeness (QED) is 0.878. The summed E-state index contributed by atoms with van der Waals surface area (Å²) in [5.41, 5.74) is 2.35. The molecular weight excluding hydrogens is 304 g/mol. The molecule has 1 unspecified atom stereocenters. The van der Waals surface area contributed by atoms with Crippen molar-refractivity contribution in [3.8, 4) is 0 Å².